The molecule has 0 bridgehead atoms. The van der Waals surface area contributed by atoms with Gasteiger partial charge in [0.05, 0.1) is 5.75 Å². The van der Waals surface area contributed by atoms with E-state index in [2.05, 4.69) is 48.2 Å². The van der Waals surface area contributed by atoms with Crippen LogP contribution in [0.4, 0.5) is 0 Å². The van der Waals surface area contributed by atoms with Gasteiger partial charge >= 0.3 is 0 Å². The molecule has 0 aliphatic carbocycles. The van der Waals surface area contributed by atoms with Crippen molar-refractivity contribution in [3.05, 3.63) is 0 Å². The van der Waals surface area contributed by atoms with Crippen LogP contribution in [0.15, 0.2) is 4.99 Å². The highest BCUT2D eigenvalue weighted by atomic mass is 127. The number of aliphatic imine (C=N–C) groups is 1. The molecule has 26 heavy (non-hydrogen) atoms. The molecule has 0 aromatic carbocycles. The van der Waals surface area contributed by atoms with Crippen LogP contribution in [0.3, 0.4) is 0 Å². The largest absolute Gasteiger partial charge is 0.357 e. The smallest absolute Gasteiger partial charge is 0.213 e. The van der Waals surface area contributed by atoms with E-state index in [4.69, 9.17) is 0 Å². The second-order valence-electron chi connectivity index (χ2n) is 6.69. The standard InChI is InChI=1S/C17H39N5O2S.HI/c1-8-18-17(20-12-14-22(15(3)4)16(5)6)19-11-10-13-21(7)25(23,24)9-2;/h15-16H,8-14H2,1-7H3,(H2,18,19,20);1H. The van der Waals surface area contributed by atoms with Crippen LogP contribution in [0.25, 0.3) is 0 Å². The highest BCUT2D eigenvalue weighted by Gasteiger charge is 2.14. The van der Waals surface area contributed by atoms with Crippen molar-refractivity contribution in [2.75, 3.05) is 45.5 Å². The van der Waals surface area contributed by atoms with Crippen LogP contribution < -0.4 is 10.6 Å². The van der Waals surface area contributed by atoms with Crippen LogP contribution in [-0.2, 0) is 10.0 Å². The van der Waals surface area contributed by atoms with E-state index in [0.717, 1.165) is 25.6 Å². The highest BCUT2D eigenvalue weighted by molar-refractivity contribution is 14.0. The second kappa shape index (κ2) is 14.9. The summed E-state index contributed by atoms with van der Waals surface area (Å²) in [6.45, 7) is 16.2. The maximum atomic E-state index is 11.7. The first-order chi connectivity index (χ1) is 11.7. The van der Waals surface area contributed by atoms with E-state index < -0.39 is 10.0 Å². The van der Waals surface area contributed by atoms with E-state index in [1.807, 2.05) is 6.92 Å². The first-order valence-corrected chi connectivity index (χ1v) is 11.0. The van der Waals surface area contributed by atoms with Crippen molar-refractivity contribution in [2.45, 2.75) is 60.0 Å². The van der Waals surface area contributed by atoms with Crippen molar-refractivity contribution in [1.82, 2.24) is 19.8 Å². The molecule has 0 aliphatic rings. The molecule has 7 nitrogen and oxygen atoms in total. The summed E-state index contributed by atoms with van der Waals surface area (Å²) in [6.07, 6.45) is 0.705. The van der Waals surface area contributed by atoms with Gasteiger partial charge in [0, 0.05) is 51.9 Å². The number of hydrogen-bond acceptors (Lipinski definition) is 4. The molecule has 0 amide bonds. The van der Waals surface area contributed by atoms with Crippen molar-refractivity contribution < 1.29 is 8.42 Å². The molecule has 0 saturated carbocycles. The normalized spacial score (nSPS) is 12.8. The molecule has 0 atom stereocenters. The van der Waals surface area contributed by atoms with Crippen molar-refractivity contribution in [3.63, 3.8) is 0 Å². The number of nitrogens with one attached hydrogen (secondary N) is 2. The van der Waals surface area contributed by atoms with Crippen molar-refractivity contribution in [2.24, 2.45) is 4.99 Å². The topological polar surface area (TPSA) is 77.0 Å². The summed E-state index contributed by atoms with van der Waals surface area (Å²) in [5, 5.41) is 6.59. The number of halogens is 1. The summed E-state index contributed by atoms with van der Waals surface area (Å²) in [4.78, 5) is 6.97. The number of sulfonamides is 1. The summed E-state index contributed by atoms with van der Waals surface area (Å²) >= 11 is 0. The van der Waals surface area contributed by atoms with E-state index in [-0.39, 0.29) is 29.7 Å². The second-order valence-corrected chi connectivity index (χ2v) is 9.05. The summed E-state index contributed by atoms with van der Waals surface area (Å²) in [7, 11) is -1.48. The zero-order valence-electron chi connectivity index (χ0n) is 17.6. The third-order valence-electron chi connectivity index (χ3n) is 4.07. The third kappa shape index (κ3) is 11.6. The van der Waals surface area contributed by atoms with Crippen molar-refractivity contribution in [1.29, 1.82) is 0 Å². The van der Waals surface area contributed by atoms with Gasteiger partial charge in [-0.05, 0) is 48.0 Å². The lowest BCUT2D eigenvalue weighted by Crippen LogP contribution is -2.45. The molecule has 0 radical (unpaired) electrons. The van der Waals surface area contributed by atoms with E-state index in [0.29, 0.717) is 31.6 Å². The summed E-state index contributed by atoms with van der Waals surface area (Å²) in [6, 6.07) is 1.02. The average molecular weight is 506 g/mol. The van der Waals surface area contributed by atoms with Gasteiger partial charge in [-0.15, -0.1) is 24.0 Å². The Morgan fingerprint density at radius 2 is 1.62 bits per heavy atom. The van der Waals surface area contributed by atoms with Gasteiger partial charge in [-0.3, -0.25) is 9.89 Å². The predicted octanol–water partition coefficient (Wildman–Crippen LogP) is 1.95. The Balaban J connectivity index is 0. The SMILES string of the molecule is CCNC(=NCCCN(C)S(=O)(=O)CC)NCCN(C(C)C)C(C)C.I. The molecule has 0 aromatic heterocycles. The lowest BCUT2D eigenvalue weighted by atomic mass is 10.2. The Hall–Kier alpha value is -0.130. The van der Waals surface area contributed by atoms with Gasteiger partial charge in [-0.2, -0.15) is 0 Å². The Bertz CT molecular complexity index is 476. The molecule has 0 fully saturated rings. The molecule has 0 aliphatic heterocycles. The molecule has 0 aromatic rings. The number of rotatable bonds is 12. The number of nitrogens with zero attached hydrogens (tertiary/aromatic N) is 3. The first kappa shape index (κ1) is 28.1. The first-order valence-electron chi connectivity index (χ1n) is 9.37. The maximum Gasteiger partial charge on any atom is 0.213 e. The molecular weight excluding hydrogens is 465 g/mol. The van der Waals surface area contributed by atoms with E-state index >= 15 is 0 Å². The van der Waals surface area contributed by atoms with Gasteiger partial charge in [0.1, 0.15) is 0 Å². The third-order valence-corrected chi connectivity index (χ3v) is 5.94. The quantitative estimate of drug-likeness (QED) is 0.184. The predicted molar refractivity (Wildman–Crippen MR) is 123 cm³/mol. The van der Waals surface area contributed by atoms with Crippen LogP contribution >= 0.6 is 24.0 Å². The maximum absolute atomic E-state index is 11.7. The molecule has 158 valence electrons. The zero-order valence-corrected chi connectivity index (χ0v) is 20.7. The molecule has 0 saturated heterocycles. The van der Waals surface area contributed by atoms with Crippen molar-refractivity contribution >= 4 is 40.0 Å². The average Bonchev–Trinajstić information content (AvgIpc) is 2.54. The Morgan fingerprint density at radius 3 is 2.08 bits per heavy atom. The molecule has 0 spiro atoms. The van der Waals surface area contributed by atoms with Crippen LogP contribution in [0.2, 0.25) is 0 Å². The van der Waals surface area contributed by atoms with Crippen molar-refractivity contribution in [3.8, 4) is 0 Å². The Morgan fingerprint density at radius 1 is 1.04 bits per heavy atom. The minimum atomic E-state index is -3.10. The molecule has 0 unspecified atom stereocenters. The minimum Gasteiger partial charge on any atom is -0.357 e. The van der Waals surface area contributed by atoms with Gasteiger partial charge in [-0.25, -0.2) is 12.7 Å². The molecular formula is C17H40IN5O2S. The zero-order chi connectivity index (χ0) is 19.5. The van der Waals surface area contributed by atoms with E-state index in [1.54, 1.807) is 14.0 Å². The fraction of sp³-hybridized carbons (Fsp3) is 0.941. The Kier molecular flexibility index (Phi) is 16.1. The minimum absolute atomic E-state index is 0. The molecule has 9 heteroatoms. The van der Waals surface area contributed by atoms with Gasteiger partial charge in [0.2, 0.25) is 10.0 Å². The van der Waals surface area contributed by atoms with E-state index in [1.165, 1.54) is 4.31 Å². The summed E-state index contributed by atoms with van der Waals surface area (Å²) < 4.78 is 24.8. The lowest BCUT2D eigenvalue weighted by Gasteiger charge is -2.30. The highest BCUT2D eigenvalue weighted by Crippen LogP contribution is 2.03. The number of guanidine groups is 1. The molecule has 0 rings (SSSR count). The fourth-order valence-electron chi connectivity index (χ4n) is 2.60. The van der Waals surface area contributed by atoms with Crippen LogP contribution in [0.5, 0.6) is 0 Å². The van der Waals surface area contributed by atoms with Crippen LogP contribution in [0, 0.1) is 0 Å². The summed E-state index contributed by atoms with van der Waals surface area (Å²) in [5.74, 6) is 0.926. The molecule has 2 N–H and O–H groups in total. The monoisotopic (exact) mass is 505 g/mol. The van der Waals surface area contributed by atoms with Gasteiger partial charge in [0.15, 0.2) is 5.96 Å². The van der Waals surface area contributed by atoms with Gasteiger partial charge in [-0.1, -0.05) is 0 Å². The Labute approximate surface area is 178 Å². The van der Waals surface area contributed by atoms with Crippen LogP contribution in [-0.4, -0.2) is 81.2 Å². The summed E-state index contributed by atoms with van der Waals surface area (Å²) in [5.41, 5.74) is 0. The van der Waals surface area contributed by atoms with Gasteiger partial charge in [0.25, 0.3) is 0 Å². The molecule has 0 heterocycles. The lowest BCUT2D eigenvalue weighted by molar-refractivity contribution is 0.178. The fourth-order valence-corrected chi connectivity index (χ4v) is 3.45. The van der Waals surface area contributed by atoms with E-state index in [9.17, 15) is 8.42 Å². The number of hydrogen-bond donors (Lipinski definition) is 2. The van der Waals surface area contributed by atoms with Crippen LogP contribution in [0.1, 0.15) is 48.0 Å². The van der Waals surface area contributed by atoms with Gasteiger partial charge < -0.3 is 10.6 Å².